The Hall–Kier alpha value is -2.82. The molecule has 0 unspecified atom stereocenters. The third-order valence-electron chi connectivity index (χ3n) is 4.73. The zero-order valence-electron chi connectivity index (χ0n) is 16.3. The molecule has 0 saturated heterocycles. The number of nitrogens with zero attached hydrogens (tertiary/aromatic N) is 2. The number of ether oxygens (including phenoxy) is 1. The first kappa shape index (κ1) is 19.0. The zero-order valence-corrected chi connectivity index (χ0v) is 16.3. The van der Waals surface area contributed by atoms with Gasteiger partial charge in [-0.15, -0.1) is 0 Å². The van der Waals surface area contributed by atoms with Crippen molar-refractivity contribution in [3.8, 4) is 5.75 Å². The predicted molar refractivity (Wildman–Crippen MR) is 108 cm³/mol. The Labute approximate surface area is 160 Å². The summed E-state index contributed by atoms with van der Waals surface area (Å²) in [5.41, 5.74) is 4.64. The van der Waals surface area contributed by atoms with Crippen LogP contribution in [0.15, 0.2) is 42.5 Å². The fraction of sp³-hybridized carbons (Fsp3) is 0.364. The van der Waals surface area contributed by atoms with Gasteiger partial charge in [-0.2, -0.15) is 0 Å². The van der Waals surface area contributed by atoms with Crippen LogP contribution >= 0.6 is 0 Å². The van der Waals surface area contributed by atoms with Crippen LogP contribution in [0.5, 0.6) is 5.75 Å². The number of carbonyl (C=O) groups is 1. The lowest BCUT2D eigenvalue weighted by atomic mass is 10.1. The first-order chi connectivity index (χ1) is 13.0. The molecule has 27 heavy (non-hydrogen) atoms. The zero-order chi connectivity index (χ0) is 19.2. The summed E-state index contributed by atoms with van der Waals surface area (Å²) in [6, 6.07) is 14.3. The monoisotopic (exact) mass is 365 g/mol. The van der Waals surface area contributed by atoms with E-state index in [4.69, 9.17) is 9.72 Å². The van der Waals surface area contributed by atoms with Gasteiger partial charge in [0.1, 0.15) is 11.6 Å². The minimum atomic E-state index is -0.0144. The third kappa shape index (κ3) is 4.88. The number of hydrogen-bond acceptors (Lipinski definition) is 3. The van der Waals surface area contributed by atoms with Crippen molar-refractivity contribution in [1.82, 2.24) is 14.9 Å². The molecule has 1 aromatic heterocycles. The van der Waals surface area contributed by atoms with Gasteiger partial charge < -0.3 is 14.6 Å². The molecule has 0 bridgehead atoms. The van der Waals surface area contributed by atoms with Crippen LogP contribution in [0.25, 0.3) is 11.0 Å². The third-order valence-corrected chi connectivity index (χ3v) is 4.73. The predicted octanol–water partition coefficient (Wildman–Crippen LogP) is 3.80. The Kier molecular flexibility index (Phi) is 6.12. The van der Waals surface area contributed by atoms with Crippen molar-refractivity contribution in [3.63, 3.8) is 0 Å². The number of benzene rings is 2. The van der Waals surface area contributed by atoms with Gasteiger partial charge in [-0.1, -0.05) is 18.2 Å². The number of carbonyl (C=O) groups excluding carboxylic acids is 1. The minimum Gasteiger partial charge on any atom is -0.494 e. The number of fused-ring (bicyclic) bond motifs is 1. The van der Waals surface area contributed by atoms with Crippen LogP contribution in [-0.2, 0) is 17.8 Å². The van der Waals surface area contributed by atoms with Crippen LogP contribution in [0, 0.1) is 13.8 Å². The van der Waals surface area contributed by atoms with Gasteiger partial charge in [-0.25, -0.2) is 4.98 Å². The number of aryl methyl sites for hydroxylation is 3. The van der Waals surface area contributed by atoms with E-state index in [1.54, 1.807) is 0 Å². The van der Waals surface area contributed by atoms with Gasteiger partial charge in [0.2, 0.25) is 5.91 Å². The van der Waals surface area contributed by atoms with E-state index < -0.39 is 0 Å². The molecule has 0 aliphatic heterocycles. The van der Waals surface area contributed by atoms with Crippen molar-refractivity contribution in [1.29, 1.82) is 0 Å². The number of imidazole rings is 1. The number of rotatable bonds is 8. The topological polar surface area (TPSA) is 56.2 Å². The molecule has 0 atom stereocenters. The van der Waals surface area contributed by atoms with Crippen LogP contribution in [0.4, 0.5) is 0 Å². The van der Waals surface area contributed by atoms with E-state index in [0.29, 0.717) is 19.6 Å². The van der Waals surface area contributed by atoms with Crippen molar-refractivity contribution in [2.75, 3.05) is 13.2 Å². The Morgan fingerprint density at radius 1 is 1.15 bits per heavy atom. The molecule has 142 valence electrons. The van der Waals surface area contributed by atoms with Crippen molar-refractivity contribution in [2.45, 2.75) is 40.2 Å². The van der Waals surface area contributed by atoms with Gasteiger partial charge >= 0.3 is 0 Å². The first-order valence-corrected chi connectivity index (χ1v) is 9.43. The van der Waals surface area contributed by atoms with E-state index in [-0.39, 0.29) is 5.91 Å². The van der Waals surface area contributed by atoms with Gasteiger partial charge in [-0.3, -0.25) is 4.79 Å². The molecule has 3 rings (SSSR count). The maximum atomic E-state index is 11.1. The Morgan fingerprint density at radius 3 is 2.74 bits per heavy atom. The van der Waals surface area contributed by atoms with Crippen LogP contribution in [0.2, 0.25) is 0 Å². The number of nitrogens with one attached hydrogen (secondary N) is 1. The van der Waals surface area contributed by atoms with Gasteiger partial charge in [0.15, 0.2) is 0 Å². The highest BCUT2D eigenvalue weighted by atomic mass is 16.5. The molecule has 0 aliphatic rings. The molecule has 5 heteroatoms. The maximum Gasteiger partial charge on any atom is 0.216 e. The first-order valence-electron chi connectivity index (χ1n) is 9.43. The van der Waals surface area contributed by atoms with Gasteiger partial charge in [0.25, 0.3) is 0 Å². The van der Waals surface area contributed by atoms with Crippen molar-refractivity contribution < 1.29 is 9.53 Å². The smallest absolute Gasteiger partial charge is 0.216 e. The van der Waals surface area contributed by atoms with Crippen LogP contribution in [-0.4, -0.2) is 28.6 Å². The highest BCUT2D eigenvalue weighted by Gasteiger charge is 2.10. The molecule has 2 aromatic carbocycles. The maximum absolute atomic E-state index is 11.1. The highest BCUT2D eigenvalue weighted by molar-refractivity contribution is 5.76. The molecular weight excluding hydrogens is 338 g/mol. The molecule has 0 saturated carbocycles. The number of para-hydroxylation sites is 2. The van der Waals surface area contributed by atoms with Gasteiger partial charge in [0.05, 0.1) is 17.6 Å². The van der Waals surface area contributed by atoms with E-state index in [0.717, 1.165) is 35.6 Å². The molecule has 1 N–H and O–H groups in total. The summed E-state index contributed by atoms with van der Waals surface area (Å²) in [6.07, 6.45) is 1.60. The standard InChI is InChI=1S/C22H27N3O2/c1-16-9-10-19(15-17(16)2)27-14-6-13-25-21-8-5-4-7-20(21)24-22(25)11-12-23-18(3)26/h4-5,7-10,15H,6,11-14H2,1-3H3,(H,23,26). The second kappa shape index (κ2) is 8.71. The van der Waals surface area contributed by atoms with E-state index in [9.17, 15) is 4.79 Å². The SMILES string of the molecule is CC(=O)NCCc1nc2ccccc2n1CCCOc1ccc(C)c(C)c1. The number of amides is 1. The van der Waals surface area contributed by atoms with Gasteiger partial charge in [0, 0.05) is 26.4 Å². The summed E-state index contributed by atoms with van der Waals surface area (Å²) >= 11 is 0. The van der Waals surface area contributed by atoms with Crippen LogP contribution in [0.3, 0.4) is 0 Å². The van der Waals surface area contributed by atoms with Crippen molar-refractivity contribution in [2.24, 2.45) is 0 Å². The molecule has 0 fully saturated rings. The molecule has 3 aromatic rings. The van der Waals surface area contributed by atoms with Crippen molar-refractivity contribution >= 4 is 16.9 Å². The van der Waals surface area contributed by atoms with E-state index in [1.807, 2.05) is 24.3 Å². The van der Waals surface area contributed by atoms with Gasteiger partial charge in [-0.05, 0) is 55.7 Å². The fourth-order valence-electron chi connectivity index (χ4n) is 3.13. The lowest BCUT2D eigenvalue weighted by Crippen LogP contribution is -2.23. The summed E-state index contributed by atoms with van der Waals surface area (Å²) in [4.78, 5) is 15.9. The molecular formula is C22H27N3O2. The number of hydrogen-bond donors (Lipinski definition) is 1. The molecule has 0 radical (unpaired) electrons. The summed E-state index contributed by atoms with van der Waals surface area (Å²) < 4.78 is 8.15. The highest BCUT2D eigenvalue weighted by Crippen LogP contribution is 2.19. The summed E-state index contributed by atoms with van der Waals surface area (Å²) in [5, 5.41) is 2.85. The van der Waals surface area contributed by atoms with Crippen molar-refractivity contribution in [3.05, 3.63) is 59.4 Å². The van der Waals surface area contributed by atoms with Crippen LogP contribution < -0.4 is 10.1 Å². The molecule has 0 aliphatic carbocycles. The largest absolute Gasteiger partial charge is 0.494 e. The Morgan fingerprint density at radius 2 is 1.96 bits per heavy atom. The molecule has 1 heterocycles. The minimum absolute atomic E-state index is 0.0144. The molecule has 5 nitrogen and oxygen atoms in total. The van der Waals surface area contributed by atoms with E-state index in [1.165, 1.54) is 18.1 Å². The Balaban J connectivity index is 1.64. The summed E-state index contributed by atoms with van der Waals surface area (Å²) in [7, 11) is 0. The molecule has 0 spiro atoms. The average Bonchev–Trinajstić information content (AvgIpc) is 2.99. The van der Waals surface area contributed by atoms with E-state index >= 15 is 0 Å². The second-order valence-corrected chi connectivity index (χ2v) is 6.85. The second-order valence-electron chi connectivity index (χ2n) is 6.85. The quantitative estimate of drug-likeness (QED) is 0.618. The van der Waals surface area contributed by atoms with E-state index in [2.05, 4.69) is 41.9 Å². The lowest BCUT2D eigenvalue weighted by molar-refractivity contribution is -0.118. The number of aromatic nitrogens is 2. The normalized spacial score (nSPS) is 10.9. The summed E-state index contributed by atoms with van der Waals surface area (Å²) in [5.74, 6) is 1.90. The average molecular weight is 365 g/mol. The fourth-order valence-corrected chi connectivity index (χ4v) is 3.13. The van der Waals surface area contributed by atoms with Crippen LogP contribution in [0.1, 0.15) is 30.3 Å². The lowest BCUT2D eigenvalue weighted by Gasteiger charge is -2.11. The Bertz CT molecular complexity index is 930. The molecule has 1 amide bonds. The summed E-state index contributed by atoms with van der Waals surface area (Å²) in [6.45, 7) is 7.82.